The summed E-state index contributed by atoms with van der Waals surface area (Å²) in [6.45, 7) is 4.25. The maximum absolute atomic E-state index is 16.7. The Bertz CT molecular complexity index is 1600. The summed E-state index contributed by atoms with van der Waals surface area (Å²) >= 11 is 13.1. The van der Waals surface area contributed by atoms with E-state index in [9.17, 15) is 0 Å². The Morgan fingerprint density at radius 3 is 2.50 bits per heavy atom. The van der Waals surface area contributed by atoms with Crippen LogP contribution in [0.15, 0.2) is 12.1 Å². The second-order valence-corrected chi connectivity index (χ2v) is 11.7. The van der Waals surface area contributed by atoms with Crippen LogP contribution >= 0.6 is 23.2 Å². The van der Waals surface area contributed by atoms with Gasteiger partial charge in [-0.25, -0.2) is 9.37 Å². The first-order chi connectivity index (χ1) is 19.5. The minimum atomic E-state index is -0.644. The minimum Gasteiger partial charge on any atom is -0.480 e. The lowest BCUT2D eigenvalue weighted by atomic mass is 9.95. The fourth-order valence-electron chi connectivity index (χ4n) is 6.75. The molecule has 210 valence electrons. The molecule has 7 rings (SSSR count). The maximum Gasteiger partial charge on any atom is 0.319 e. The van der Waals surface area contributed by atoms with Crippen LogP contribution in [0, 0.1) is 5.82 Å². The van der Waals surface area contributed by atoms with Crippen LogP contribution in [0.3, 0.4) is 0 Å². The van der Waals surface area contributed by atoms with E-state index < -0.39 is 5.82 Å². The molecule has 0 bridgehead atoms. The molecule has 0 unspecified atom stereocenters. The molecule has 0 radical (unpaired) electrons. The molecule has 0 saturated carbocycles. The van der Waals surface area contributed by atoms with Gasteiger partial charge in [0.05, 0.1) is 23.2 Å². The second kappa shape index (κ2) is 10.2. The predicted molar refractivity (Wildman–Crippen MR) is 153 cm³/mol. The van der Waals surface area contributed by atoms with Crippen molar-refractivity contribution in [2.75, 3.05) is 44.8 Å². The third kappa shape index (κ3) is 4.14. The van der Waals surface area contributed by atoms with Crippen molar-refractivity contribution in [1.82, 2.24) is 30.0 Å². The number of aromatic nitrogens is 5. The molecule has 40 heavy (non-hydrogen) atoms. The average molecular weight is 586 g/mol. The van der Waals surface area contributed by atoms with Gasteiger partial charge in [0.15, 0.2) is 5.82 Å². The van der Waals surface area contributed by atoms with Gasteiger partial charge in [0.25, 0.3) is 0 Å². The number of H-pyrrole nitrogens is 1. The van der Waals surface area contributed by atoms with Crippen molar-refractivity contribution in [2.45, 2.75) is 50.5 Å². The zero-order valence-electron chi connectivity index (χ0n) is 22.3. The molecule has 3 saturated heterocycles. The SMILES string of the molecule is COc1nc(-c2c(Cl)ccc3n[nH]c(Cl)c23)c(F)c2nc(OCC34CCCN3CCC4)nc(N3CCCCC3)c12. The quantitative estimate of drug-likeness (QED) is 0.293. The van der Waals surface area contributed by atoms with Crippen LogP contribution in [0.4, 0.5) is 10.2 Å². The fourth-order valence-corrected chi connectivity index (χ4v) is 7.23. The summed E-state index contributed by atoms with van der Waals surface area (Å²) in [6, 6.07) is 3.53. The summed E-state index contributed by atoms with van der Waals surface area (Å²) in [7, 11) is 1.51. The monoisotopic (exact) mass is 585 g/mol. The summed E-state index contributed by atoms with van der Waals surface area (Å²) in [4.78, 5) is 18.8. The molecule has 3 aliphatic rings. The topological polar surface area (TPSA) is 92.3 Å². The molecule has 0 amide bonds. The minimum absolute atomic E-state index is 0.00441. The largest absolute Gasteiger partial charge is 0.480 e. The lowest BCUT2D eigenvalue weighted by Gasteiger charge is -2.32. The molecule has 0 atom stereocenters. The van der Waals surface area contributed by atoms with Gasteiger partial charge < -0.3 is 14.4 Å². The van der Waals surface area contributed by atoms with Crippen molar-refractivity contribution in [1.29, 1.82) is 0 Å². The number of halogens is 3. The number of hydrogen-bond donors (Lipinski definition) is 1. The van der Waals surface area contributed by atoms with Crippen molar-refractivity contribution in [2.24, 2.45) is 0 Å². The van der Waals surface area contributed by atoms with Gasteiger partial charge in [0.1, 0.15) is 34.2 Å². The molecule has 9 nitrogen and oxygen atoms in total. The van der Waals surface area contributed by atoms with Crippen molar-refractivity contribution in [3.63, 3.8) is 0 Å². The van der Waals surface area contributed by atoms with Gasteiger partial charge in [-0.05, 0) is 70.2 Å². The molecule has 0 aliphatic carbocycles. The maximum atomic E-state index is 16.7. The number of anilines is 1. The molecule has 12 heteroatoms. The lowest BCUT2D eigenvalue weighted by Crippen LogP contribution is -2.43. The molecule has 3 fully saturated rings. The Morgan fingerprint density at radius 2 is 1.75 bits per heavy atom. The normalized spacial score (nSPS) is 19.1. The van der Waals surface area contributed by atoms with E-state index in [1.165, 1.54) is 7.11 Å². The molecular weight excluding hydrogens is 556 g/mol. The van der Waals surface area contributed by atoms with E-state index in [-0.39, 0.29) is 38.8 Å². The number of benzene rings is 1. The first-order valence-electron chi connectivity index (χ1n) is 13.9. The highest BCUT2D eigenvalue weighted by Gasteiger charge is 2.45. The number of piperidine rings is 1. The number of pyridine rings is 1. The van der Waals surface area contributed by atoms with Crippen LogP contribution in [-0.2, 0) is 0 Å². The molecule has 6 heterocycles. The van der Waals surface area contributed by atoms with Gasteiger partial charge in [0.2, 0.25) is 5.88 Å². The lowest BCUT2D eigenvalue weighted by molar-refractivity contribution is 0.108. The number of fused-ring (bicyclic) bond motifs is 3. The molecule has 3 aliphatic heterocycles. The summed E-state index contributed by atoms with van der Waals surface area (Å²) in [5, 5.41) is 8.36. The van der Waals surface area contributed by atoms with Gasteiger partial charge in [-0.15, -0.1) is 0 Å². The van der Waals surface area contributed by atoms with Crippen LogP contribution in [-0.4, -0.2) is 75.5 Å². The molecule has 1 aromatic carbocycles. The van der Waals surface area contributed by atoms with Gasteiger partial charge >= 0.3 is 6.01 Å². The number of aromatic amines is 1. The molecule has 0 spiro atoms. The molecule has 4 aromatic rings. The number of rotatable bonds is 6. The Labute approximate surface area is 241 Å². The van der Waals surface area contributed by atoms with E-state index in [1.54, 1.807) is 12.1 Å². The highest BCUT2D eigenvalue weighted by Crippen LogP contribution is 2.44. The fraction of sp³-hybridized carbons (Fsp3) is 0.500. The van der Waals surface area contributed by atoms with Crippen LogP contribution in [0.5, 0.6) is 11.9 Å². The van der Waals surface area contributed by atoms with E-state index in [0.29, 0.717) is 34.3 Å². The standard InChI is InChI=1S/C28H30Cl2FN7O2/c1-39-26-20-23(21(31)22(32-26)18-16(29)7-8-17-19(18)24(30)36-35-17)33-27(34-25(20)37-11-3-2-4-12-37)40-15-28-9-5-13-38(28)14-6-10-28/h7-8H,2-6,9-15H2,1H3,(H,35,36). The summed E-state index contributed by atoms with van der Waals surface area (Å²) in [6.07, 6.45) is 7.67. The Morgan fingerprint density at radius 1 is 0.975 bits per heavy atom. The highest BCUT2D eigenvalue weighted by molar-refractivity contribution is 6.39. The van der Waals surface area contributed by atoms with Gasteiger partial charge in [-0.3, -0.25) is 10.00 Å². The summed E-state index contributed by atoms with van der Waals surface area (Å²) in [5.41, 5.74) is 0.927. The molecule has 3 aromatic heterocycles. The van der Waals surface area contributed by atoms with Crippen LogP contribution in [0.2, 0.25) is 10.2 Å². The Balaban J connectivity index is 1.42. The Hall–Kier alpha value is -2.95. The predicted octanol–water partition coefficient (Wildman–Crippen LogP) is 6.02. The van der Waals surface area contributed by atoms with Crippen LogP contribution in [0.1, 0.15) is 44.9 Å². The van der Waals surface area contributed by atoms with Gasteiger partial charge in [0, 0.05) is 24.0 Å². The van der Waals surface area contributed by atoms with E-state index in [2.05, 4.69) is 30.0 Å². The molecular formula is C28H30Cl2FN7O2. The van der Waals surface area contributed by atoms with E-state index in [0.717, 1.165) is 71.1 Å². The zero-order chi connectivity index (χ0) is 27.4. The summed E-state index contributed by atoms with van der Waals surface area (Å²) in [5.74, 6) is 0.143. The number of methoxy groups -OCH3 is 1. The van der Waals surface area contributed by atoms with E-state index in [4.69, 9.17) is 37.7 Å². The van der Waals surface area contributed by atoms with Crippen molar-refractivity contribution < 1.29 is 13.9 Å². The van der Waals surface area contributed by atoms with E-state index in [1.807, 2.05) is 0 Å². The highest BCUT2D eigenvalue weighted by atomic mass is 35.5. The number of ether oxygens (including phenoxy) is 2. The first-order valence-corrected chi connectivity index (χ1v) is 14.7. The molecule has 1 N–H and O–H groups in total. The smallest absolute Gasteiger partial charge is 0.319 e. The van der Waals surface area contributed by atoms with Crippen molar-refractivity contribution in [3.8, 4) is 23.1 Å². The van der Waals surface area contributed by atoms with Crippen LogP contribution in [0.25, 0.3) is 33.1 Å². The third-order valence-corrected chi connectivity index (χ3v) is 9.29. The van der Waals surface area contributed by atoms with Crippen LogP contribution < -0.4 is 14.4 Å². The number of nitrogens with one attached hydrogen (secondary N) is 1. The van der Waals surface area contributed by atoms with E-state index >= 15 is 4.39 Å². The zero-order valence-corrected chi connectivity index (χ0v) is 23.8. The average Bonchev–Trinajstić information content (AvgIpc) is 3.67. The van der Waals surface area contributed by atoms with Crippen molar-refractivity contribution in [3.05, 3.63) is 28.1 Å². The van der Waals surface area contributed by atoms with Gasteiger partial charge in [-0.2, -0.15) is 15.1 Å². The first kappa shape index (κ1) is 26.0. The Kier molecular flexibility index (Phi) is 6.59. The third-order valence-electron chi connectivity index (χ3n) is 8.71. The van der Waals surface area contributed by atoms with Crippen molar-refractivity contribution >= 4 is 50.8 Å². The second-order valence-electron chi connectivity index (χ2n) is 10.9. The number of hydrogen-bond acceptors (Lipinski definition) is 8. The number of nitrogens with zero attached hydrogens (tertiary/aromatic N) is 6. The van der Waals surface area contributed by atoms with Gasteiger partial charge in [-0.1, -0.05) is 23.2 Å². The summed E-state index contributed by atoms with van der Waals surface area (Å²) < 4.78 is 28.7.